The predicted molar refractivity (Wildman–Crippen MR) is 83.1 cm³/mol. The fraction of sp³-hybridized carbons (Fsp3) is 0.583. The number of sulfone groups is 1. The third kappa shape index (κ3) is 3.43. The molecule has 0 atom stereocenters. The number of nitrogens with zero attached hydrogens (tertiary/aromatic N) is 1. The molecule has 1 amide bonds. The molecule has 0 aromatic carbocycles. The third-order valence-electron chi connectivity index (χ3n) is 2.73. The number of carbonyl (C=O) groups is 1. The van der Waals surface area contributed by atoms with Crippen molar-refractivity contribution >= 4 is 37.8 Å². The highest BCUT2D eigenvalue weighted by Crippen LogP contribution is 2.41. The van der Waals surface area contributed by atoms with Crippen molar-refractivity contribution in [2.75, 3.05) is 30.0 Å². The number of primary amides is 1. The molecule has 20 heavy (non-hydrogen) atoms. The molecule has 0 radical (unpaired) electrons. The molecule has 1 heterocycles. The number of carbonyl (C=O) groups excluding carboxylic acids is 1. The fourth-order valence-corrected chi connectivity index (χ4v) is 4.60. The molecule has 0 aliphatic carbocycles. The van der Waals surface area contributed by atoms with E-state index in [0.29, 0.717) is 24.0 Å². The van der Waals surface area contributed by atoms with Crippen LogP contribution in [0.2, 0.25) is 0 Å². The second kappa shape index (κ2) is 6.01. The lowest BCUT2D eigenvalue weighted by atomic mass is 10.2. The maximum Gasteiger partial charge on any atom is 0.261 e. The smallest absolute Gasteiger partial charge is 0.261 e. The number of rotatable bonds is 6. The van der Waals surface area contributed by atoms with Crippen LogP contribution in [0.4, 0.5) is 10.7 Å². The van der Waals surface area contributed by atoms with Crippen LogP contribution in [0.15, 0.2) is 4.90 Å². The zero-order valence-electron chi connectivity index (χ0n) is 12.1. The predicted octanol–water partition coefficient (Wildman–Crippen LogP) is 1.32. The van der Waals surface area contributed by atoms with Gasteiger partial charge in [0.2, 0.25) is 0 Å². The molecule has 0 saturated heterocycles. The number of thiophene rings is 1. The first kappa shape index (κ1) is 16.8. The molecule has 0 unspecified atom stereocenters. The summed E-state index contributed by atoms with van der Waals surface area (Å²) in [5.74, 6) is -0.355. The van der Waals surface area contributed by atoms with Crippen LogP contribution >= 0.6 is 11.3 Å². The first-order valence-electron chi connectivity index (χ1n) is 6.26. The van der Waals surface area contributed by atoms with E-state index in [2.05, 4.69) is 0 Å². The first-order chi connectivity index (χ1) is 9.09. The lowest BCUT2D eigenvalue weighted by molar-refractivity contribution is 0.100. The Bertz CT molecular complexity index is 606. The summed E-state index contributed by atoms with van der Waals surface area (Å²) in [6.07, 6.45) is 1.09. The van der Waals surface area contributed by atoms with Crippen LogP contribution in [-0.4, -0.2) is 33.7 Å². The van der Waals surface area contributed by atoms with Gasteiger partial charge in [0.1, 0.15) is 14.8 Å². The Kier molecular flexibility index (Phi) is 5.04. The van der Waals surface area contributed by atoms with Crippen molar-refractivity contribution in [1.82, 2.24) is 0 Å². The van der Waals surface area contributed by atoms with Gasteiger partial charge in [-0.25, -0.2) is 8.42 Å². The SMILES string of the molecule is CCN(CC(C)C)c1sc(C(N)=O)c(N)c1S(C)(=O)=O. The molecule has 0 spiro atoms. The zero-order valence-corrected chi connectivity index (χ0v) is 13.8. The van der Waals surface area contributed by atoms with Gasteiger partial charge in [0.15, 0.2) is 9.84 Å². The minimum absolute atomic E-state index is 0.0128. The van der Waals surface area contributed by atoms with Gasteiger partial charge >= 0.3 is 0 Å². The van der Waals surface area contributed by atoms with Gasteiger partial charge in [-0.15, -0.1) is 11.3 Å². The standard InChI is InChI=1S/C12H21N3O3S2/c1-5-15(6-7(2)3)12-10(20(4,17)18)8(13)9(19-12)11(14)16/h7H,5-6,13H2,1-4H3,(H2,14,16). The van der Waals surface area contributed by atoms with Gasteiger partial charge in [-0.3, -0.25) is 4.79 Å². The minimum atomic E-state index is -3.53. The van der Waals surface area contributed by atoms with E-state index in [0.717, 1.165) is 17.6 Å². The van der Waals surface area contributed by atoms with E-state index in [9.17, 15) is 13.2 Å². The lowest BCUT2D eigenvalue weighted by Gasteiger charge is -2.24. The number of hydrogen-bond acceptors (Lipinski definition) is 6. The third-order valence-corrected chi connectivity index (χ3v) is 5.30. The molecule has 4 N–H and O–H groups in total. The molecule has 1 rings (SSSR count). The Balaban J connectivity index is 3.52. The molecule has 1 aromatic heterocycles. The van der Waals surface area contributed by atoms with E-state index in [1.165, 1.54) is 0 Å². The van der Waals surface area contributed by atoms with Gasteiger partial charge in [-0.2, -0.15) is 0 Å². The molecule has 6 nitrogen and oxygen atoms in total. The van der Waals surface area contributed by atoms with E-state index in [1.54, 1.807) is 0 Å². The Labute approximate surface area is 123 Å². The van der Waals surface area contributed by atoms with E-state index < -0.39 is 15.7 Å². The van der Waals surface area contributed by atoms with Crippen molar-refractivity contribution in [3.05, 3.63) is 4.88 Å². The number of anilines is 2. The average Bonchev–Trinajstić information content (AvgIpc) is 2.63. The Morgan fingerprint density at radius 3 is 2.30 bits per heavy atom. The number of nitrogens with two attached hydrogens (primary N) is 2. The summed E-state index contributed by atoms with van der Waals surface area (Å²) in [5, 5.41) is 0.495. The van der Waals surface area contributed by atoms with Crippen LogP contribution in [0.1, 0.15) is 30.4 Å². The van der Waals surface area contributed by atoms with Gasteiger partial charge in [-0.1, -0.05) is 13.8 Å². The number of amides is 1. The summed E-state index contributed by atoms with van der Waals surface area (Å²) in [6, 6.07) is 0. The van der Waals surface area contributed by atoms with Crippen molar-refractivity contribution in [3.63, 3.8) is 0 Å². The summed E-state index contributed by atoms with van der Waals surface area (Å²) in [4.78, 5) is 13.4. The van der Waals surface area contributed by atoms with E-state index in [4.69, 9.17) is 11.5 Å². The second-order valence-electron chi connectivity index (χ2n) is 5.05. The molecule has 0 saturated carbocycles. The average molecular weight is 319 g/mol. The Morgan fingerprint density at radius 2 is 1.95 bits per heavy atom. The summed E-state index contributed by atoms with van der Waals surface area (Å²) in [5.41, 5.74) is 11.0. The van der Waals surface area contributed by atoms with Crippen molar-refractivity contribution < 1.29 is 13.2 Å². The normalized spacial score (nSPS) is 11.8. The van der Waals surface area contributed by atoms with Crippen molar-refractivity contribution in [3.8, 4) is 0 Å². The van der Waals surface area contributed by atoms with Gasteiger partial charge in [0.05, 0.1) is 5.69 Å². The van der Waals surface area contributed by atoms with Crippen LogP contribution in [0.25, 0.3) is 0 Å². The quantitative estimate of drug-likeness (QED) is 0.822. The second-order valence-corrected chi connectivity index (χ2v) is 8.00. The van der Waals surface area contributed by atoms with Crippen molar-refractivity contribution in [2.24, 2.45) is 11.7 Å². The van der Waals surface area contributed by atoms with Crippen LogP contribution in [-0.2, 0) is 9.84 Å². The molecule has 0 aliphatic heterocycles. The highest BCUT2D eigenvalue weighted by Gasteiger charge is 2.28. The first-order valence-corrected chi connectivity index (χ1v) is 8.97. The summed E-state index contributed by atoms with van der Waals surface area (Å²) < 4.78 is 23.9. The summed E-state index contributed by atoms with van der Waals surface area (Å²) in [6.45, 7) is 7.30. The van der Waals surface area contributed by atoms with E-state index in [-0.39, 0.29) is 15.5 Å². The molecule has 114 valence electrons. The van der Waals surface area contributed by atoms with Crippen molar-refractivity contribution in [1.29, 1.82) is 0 Å². The van der Waals surface area contributed by atoms with Crippen LogP contribution in [0.5, 0.6) is 0 Å². The lowest BCUT2D eigenvalue weighted by Crippen LogP contribution is -2.27. The number of nitrogen functional groups attached to an aromatic ring is 1. The van der Waals surface area contributed by atoms with Gasteiger partial charge in [0.25, 0.3) is 5.91 Å². The maximum absolute atomic E-state index is 12.0. The van der Waals surface area contributed by atoms with E-state index >= 15 is 0 Å². The minimum Gasteiger partial charge on any atom is -0.396 e. The molecule has 8 heteroatoms. The fourth-order valence-electron chi connectivity index (χ4n) is 1.96. The summed E-state index contributed by atoms with van der Waals surface area (Å²) in [7, 11) is -3.53. The monoisotopic (exact) mass is 319 g/mol. The Hall–Kier alpha value is -1.28. The van der Waals surface area contributed by atoms with E-state index in [1.807, 2.05) is 25.7 Å². The van der Waals surface area contributed by atoms with Gasteiger partial charge in [0, 0.05) is 19.3 Å². The zero-order chi connectivity index (χ0) is 15.7. The van der Waals surface area contributed by atoms with Gasteiger partial charge in [-0.05, 0) is 12.8 Å². The number of hydrogen-bond donors (Lipinski definition) is 2. The van der Waals surface area contributed by atoms with Crippen LogP contribution in [0, 0.1) is 5.92 Å². The molecule has 0 fully saturated rings. The summed E-state index contributed by atoms with van der Waals surface area (Å²) >= 11 is 1.04. The molecular weight excluding hydrogens is 298 g/mol. The molecular formula is C12H21N3O3S2. The topological polar surface area (TPSA) is 106 Å². The Morgan fingerprint density at radius 1 is 1.40 bits per heavy atom. The van der Waals surface area contributed by atoms with Crippen molar-refractivity contribution in [2.45, 2.75) is 25.7 Å². The van der Waals surface area contributed by atoms with Gasteiger partial charge < -0.3 is 16.4 Å². The van der Waals surface area contributed by atoms with Crippen LogP contribution < -0.4 is 16.4 Å². The highest BCUT2D eigenvalue weighted by molar-refractivity contribution is 7.91. The maximum atomic E-state index is 12.0. The molecule has 0 aliphatic rings. The molecule has 1 aromatic rings. The highest BCUT2D eigenvalue weighted by atomic mass is 32.2. The molecule has 0 bridgehead atoms. The largest absolute Gasteiger partial charge is 0.396 e. The van der Waals surface area contributed by atoms with Crippen LogP contribution in [0.3, 0.4) is 0 Å².